The van der Waals surface area contributed by atoms with Gasteiger partial charge >= 0.3 is 0 Å². The number of amides is 4. The van der Waals surface area contributed by atoms with Gasteiger partial charge in [0.25, 0.3) is 5.91 Å². The van der Waals surface area contributed by atoms with Crippen LogP contribution < -0.4 is 21.3 Å². The molecule has 5 heterocycles. The van der Waals surface area contributed by atoms with E-state index in [0.717, 1.165) is 134 Å². The molecule has 1 aromatic heterocycles. The Morgan fingerprint density at radius 1 is 0.877 bits per heavy atom. The Balaban J connectivity index is 0.709. The predicted molar refractivity (Wildman–Crippen MR) is 256 cm³/mol. The van der Waals surface area contributed by atoms with Gasteiger partial charge in [0, 0.05) is 74.2 Å². The number of unbranched alkanes of at least 4 members (excludes halogenated alkanes) is 1. The summed E-state index contributed by atoms with van der Waals surface area (Å²) >= 11 is 0. The van der Waals surface area contributed by atoms with Crippen LogP contribution in [-0.4, -0.2) is 95.1 Å². The number of benzene rings is 4. The van der Waals surface area contributed by atoms with Crippen molar-refractivity contribution in [2.24, 2.45) is 13.0 Å². The minimum atomic E-state index is -0.413. The summed E-state index contributed by atoms with van der Waals surface area (Å²) in [5, 5.41) is 20.4. The van der Waals surface area contributed by atoms with Crippen LogP contribution in [0.15, 0.2) is 72.8 Å². The van der Waals surface area contributed by atoms with Crippen molar-refractivity contribution in [2.45, 2.75) is 95.6 Å². The second-order valence-corrected chi connectivity index (χ2v) is 18.8. The summed E-state index contributed by atoms with van der Waals surface area (Å²) in [4.78, 5) is 55.6. The molecular weight excluding hydrogens is 813 g/mol. The number of hydrogen-bond acceptors (Lipinski definition) is 8. The molecule has 4 N–H and O–H groups in total. The molecule has 0 saturated carbocycles. The van der Waals surface area contributed by atoms with Crippen LogP contribution in [-0.2, 0) is 21.4 Å². The first-order valence-corrected chi connectivity index (χ1v) is 23.8. The molecule has 0 aliphatic carbocycles. The van der Waals surface area contributed by atoms with Gasteiger partial charge in [0.2, 0.25) is 17.7 Å². The number of aromatic nitrogens is 2. The SMILES string of the molecule is Cc1ccc(NC2CNC2)cc1C(=O)NC(C)c1ccc(C#CC2CCN(CCCCC(=O)N3CCC(c4ccc5c(C6CCC(=O)NC6=O)nn(C)c5c4)CC3)CC2)c2ccccc12. The summed E-state index contributed by atoms with van der Waals surface area (Å²) in [6, 6.07) is 25.3. The summed E-state index contributed by atoms with van der Waals surface area (Å²) < 4.78 is 1.84. The first-order valence-electron chi connectivity index (χ1n) is 23.8. The quantitative estimate of drug-likeness (QED) is 0.0594. The lowest BCUT2D eigenvalue weighted by Gasteiger charge is -2.32. The molecule has 9 rings (SSSR count). The molecule has 65 heavy (non-hydrogen) atoms. The van der Waals surface area contributed by atoms with Crippen LogP contribution in [0.25, 0.3) is 21.7 Å². The van der Waals surface area contributed by atoms with Crippen molar-refractivity contribution < 1.29 is 19.2 Å². The molecule has 4 fully saturated rings. The zero-order valence-electron chi connectivity index (χ0n) is 38.1. The van der Waals surface area contributed by atoms with Crippen LogP contribution in [0.5, 0.6) is 0 Å². The van der Waals surface area contributed by atoms with E-state index in [1.807, 2.05) is 41.8 Å². The van der Waals surface area contributed by atoms with Crippen LogP contribution >= 0.6 is 0 Å². The van der Waals surface area contributed by atoms with Gasteiger partial charge < -0.3 is 25.8 Å². The van der Waals surface area contributed by atoms with Gasteiger partial charge in [-0.1, -0.05) is 60.4 Å². The zero-order valence-corrected chi connectivity index (χ0v) is 38.1. The van der Waals surface area contributed by atoms with Gasteiger partial charge in [-0.25, -0.2) is 0 Å². The molecule has 2 atom stereocenters. The second-order valence-electron chi connectivity index (χ2n) is 18.8. The van der Waals surface area contributed by atoms with Crippen LogP contribution in [0.1, 0.15) is 121 Å². The maximum Gasteiger partial charge on any atom is 0.252 e. The number of hydrogen-bond donors (Lipinski definition) is 4. The zero-order chi connectivity index (χ0) is 45.0. The number of imide groups is 1. The molecule has 4 aromatic carbocycles. The summed E-state index contributed by atoms with van der Waals surface area (Å²) in [6.07, 6.45) is 7.27. The van der Waals surface area contributed by atoms with E-state index in [9.17, 15) is 19.2 Å². The molecule has 4 amide bonds. The molecule has 0 bridgehead atoms. The maximum atomic E-state index is 13.6. The van der Waals surface area contributed by atoms with E-state index in [1.165, 1.54) is 5.56 Å². The fourth-order valence-corrected chi connectivity index (χ4v) is 10.2. The van der Waals surface area contributed by atoms with Gasteiger partial charge in [-0.05, 0) is 136 Å². The number of anilines is 1. The largest absolute Gasteiger partial charge is 0.380 e. The number of carbonyl (C=O) groups excluding carboxylic acids is 4. The van der Waals surface area contributed by atoms with E-state index in [0.29, 0.717) is 42.7 Å². The molecule has 4 saturated heterocycles. The summed E-state index contributed by atoms with van der Waals surface area (Å²) in [5.74, 6) is 7.16. The van der Waals surface area contributed by atoms with Crippen LogP contribution in [0.3, 0.4) is 0 Å². The van der Waals surface area contributed by atoms with Crippen molar-refractivity contribution in [2.75, 3.05) is 51.1 Å². The highest BCUT2D eigenvalue weighted by molar-refractivity contribution is 6.02. The van der Waals surface area contributed by atoms with Crippen molar-refractivity contribution >= 4 is 51.0 Å². The number of aryl methyl sites for hydroxylation is 2. The van der Waals surface area contributed by atoms with Crippen LogP contribution in [0.2, 0.25) is 0 Å². The lowest BCUT2D eigenvalue weighted by Crippen LogP contribution is -2.51. The minimum Gasteiger partial charge on any atom is -0.380 e. The molecule has 12 heteroatoms. The van der Waals surface area contributed by atoms with Crippen molar-refractivity contribution in [1.82, 2.24) is 35.5 Å². The average Bonchev–Trinajstić information content (AvgIpc) is 3.63. The highest BCUT2D eigenvalue weighted by atomic mass is 16.2. The number of carbonyl (C=O) groups is 4. The molecular formula is C53H62N8O4. The summed E-state index contributed by atoms with van der Waals surface area (Å²) in [5.41, 5.74) is 7.68. The highest BCUT2D eigenvalue weighted by Crippen LogP contribution is 2.35. The number of rotatable bonds is 12. The lowest BCUT2D eigenvalue weighted by atomic mass is 9.87. The van der Waals surface area contributed by atoms with Crippen LogP contribution in [0, 0.1) is 24.7 Å². The Hall–Kier alpha value is -6.03. The van der Waals surface area contributed by atoms with Gasteiger partial charge in [-0.2, -0.15) is 5.10 Å². The fourth-order valence-electron chi connectivity index (χ4n) is 10.2. The Bertz CT molecular complexity index is 2660. The highest BCUT2D eigenvalue weighted by Gasteiger charge is 2.32. The van der Waals surface area contributed by atoms with Crippen molar-refractivity contribution in [3.05, 3.63) is 106 Å². The molecule has 2 unspecified atom stereocenters. The van der Waals surface area contributed by atoms with Crippen molar-refractivity contribution in [1.29, 1.82) is 0 Å². The molecule has 0 spiro atoms. The molecule has 12 nitrogen and oxygen atoms in total. The smallest absolute Gasteiger partial charge is 0.252 e. The van der Waals surface area contributed by atoms with Gasteiger partial charge in [-0.15, -0.1) is 0 Å². The Kier molecular flexibility index (Phi) is 13.3. The van der Waals surface area contributed by atoms with E-state index in [-0.39, 0.29) is 29.7 Å². The first kappa shape index (κ1) is 44.2. The normalized spacial score (nSPS) is 19.4. The molecule has 4 aliphatic rings. The van der Waals surface area contributed by atoms with E-state index in [4.69, 9.17) is 5.10 Å². The third-order valence-corrected chi connectivity index (χ3v) is 14.3. The van der Waals surface area contributed by atoms with Gasteiger partial charge in [-0.3, -0.25) is 29.2 Å². The number of fused-ring (bicyclic) bond motifs is 2. The van der Waals surface area contributed by atoms with Gasteiger partial charge in [0.15, 0.2) is 0 Å². The fraction of sp³-hybridized carbons (Fsp3) is 0.453. The van der Waals surface area contributed by atoms with Gasteiger partial charge in [0.1, 0.15) is 0 Å². The van der Waals surface area contributed by atoms with E-state index in [1.54, 1.807) is 0 Å². The number of piperidine rings is 3. The number of likely N-dealkylation sites (tertiary alicyclic amines) is 2. The predicted octanol–water partition coefficient (Wildman–Crippen LogP) is 7.07. The molecule has 5 aromatic rings. The maximum absolute atomic E-state index is 13.6. The molecule has 4 aliphatic heterocycles. The third kappa shape index (κ3) is 9.97. The third-order valence-electron chi connectivity index (χ3n) is 14.3. The lowest BCUT2D eigenvalue weighted by molar-refractivity contribution is -0.134. The van der Waals surface area contributed by atoms with Crippen LogP contribution in [0.4, 0.5) is 5.69 Å². The van der Waals surface area contributed by atoms with E-state index < -0.39 is 5.92 Å². The number of nitrogens with zero attached hydrogens (tertiary/aromatic N) is 4. The topological polar surface area (TPSA) is 141 Å². The van der Waals surface area contributed by atoms with E-state index >= 15 is 0 Å². The minimum absolute atomic E-state index is 0.0750. The first-order chi connectivity index (χ1) is 31.6. The average molecular weight is 875 g/mol. The van der Waals surface area contributed by atoms with Crippen molar-refractivity contribution in [3.63, 3.8) is 0 Å². The van der Waals surface area contributed by atoms with Gasteiger partial charge in [0.05, 0.1) is 29.2 Å². The number of nitrogens with one attached hydrogen (secondary N) is 4. The molecule has 338 valence electrons. The Labute approximate surface area is 382 Å². The second kappa shape index (κ2) is 19.6. The standard InChI is InChI=1S/C53H62N8O4/c1-34-11-16-40(56-41-32-54-33-41)31-47(34)53(65)55-35(2)42-17-14-38(43-8-4-5-9-44(42)43)13-12-36-21-26-60(27-22-36)25-7-6-10-50(63)61-28-23-37(24-29-61)39-15-18-45-48(30-39)59(3)58-51(45)46-19-20-49(62)57-52(46)64/h4-5,8-9,11,14-18,30-31,35-37,41,46,54,56H,6-7,10,19-29,32-33H2,1-3H3,(H,55,65)(H,57,62,64). The monoisotopic (exact) mass is 874 g/mol. The Morgan fingerprint density at radius 3 is 2.42 bits per heavy atom. The Morgan fingerprint density at radius 2 is 1.66 bits per heavy atom. The van der Waals surface area contributed by atoms with E-state index in [2.05, 4.69) is 99.5 Å². The summed E-state index contributed by atoms with van der Waals surface area (Å²) in [7, 11) is 1.91. The van der Waals surface area contributed by atoms with Crippen molar-refractivity contribution in [3.8, 4) is 11.8 Å². The molecule has 0 radical (unpaired) electrons. The summed E-state index contributed by atoms with van der Waals surface area (Å²) in [6.45, 7) is 10.5.